The van der Waals surface area contributed by atoms with Crippen molar-refractivity contribution in [2.75, 3.05) is 11.5 Å². The molecule has 2 rings (SSSR count). The summed E-state index contributed by atoms with van der Waals surface area (Å²) in [5.41, 5.74) is 0.919. The number of hydrogen-bond donors (Lipinski definition) is 1. The van der Waals surface area contributed by atoms with E-state index < -0.39 is 0 Å². The van der Waals surface area contributed by atoms with Crippen molar-refractivity contribution in [1.29, 1.82) is 5.26 Å². The lowest BCUT2D eigenvalue weighted by Gasteiger charge is -2.44. The Balaban J connectivity index is 1.88. The standard InChI is InChI=1S/C16H22N2S/c1-3-19-11-13(2)18-15-9-16(10-15,12-17)14-7-5-4-6-8-14/h4-8,13,15,18H,3,9-11H2,1-2H3. The molecule has 1 aromatic rings. The topological polar surface area (TPSA) is 35.8 Å². The fraction of sp³-hybridized carbons (Fsp3) is 0.562. The number of hydrogen-bond acceptors (Lipinski definition) is 3. The van der Waals surface area contributed by atoms with E-state index in [0.29, 0.717) is 12.1 Å². The van der Waals surface area contributed by atoms with Crippen molar-refractivity contribution in [3.8, 4) is 6.07 Å². The molecule has 102 valence electrons. The molecule has 0 amide bonds. The zero-order chi connectivity index (χ0) is 13.7. The van der Waals surface area contributed by atoms with Crippen LogP contribution in [0.2, 0.25) is 0 Å². The average Bonchev–Trinajstić information content (AvgIpc) is 2.41. The fourth-order valence-corrected chi connectivity index (χ4v) is 3.48. The summed E-state index contributed by atoms with van der Waals surface area (Å²) >= 11 is 1.97. The van der Waals surface area contributed by atoms with Crippen LogP contribution in [0.3, 0.4) is 0 Å². The largest absolute Gasteiger partial charge is 0.311 e. The van der Waals surface area contributed by atoms with Gasteiger partial charge in [0.15, 0.2) is 0 Å². The number of thioether (sulfide) groups is 1. The van der Waals surface area contributed by atoms with Gasteiger partial charge in [-0.2, -0.15) is 17.0 Å². The molecule has 2 nitrogen and oxygen atoms in total. The van der Waals surface area contributed by atoms with Crippen LogP contribution in [-0.2, 0) is 5.41 Å². The molecule has 1 atom stereocenters. The monoisotopic (exact) mass is 274 g/mol. The predicted molar refractivity (Wildman–Crippen MR) is 82.4 cm³/mol. The summed E-state index contributed by atoms with van der Waals surface area (Å²) < 4.78 is 0. The molecule has 3 heteroatoms. The van der Waals surface area contributed by atoms with E-state index >= 15 is 0 Å². The molecule has 0 saturated heterocycles. The van der Waals surface area contributed by atoms with Gasteiger partial charge in [0.2, 0.25) is 0 Å². The van der Waals surface area contributed by atoms with Crippen molar-refractivity contribution in [3.05, 3.63) is 35.9 Å². The van der Waals surface area contributed by atoms with Crippen LogP contribution in [0.4, 0.5) is 0 Å². The van der Waals surface area contributed by atoms with Gasteiger partial charge < -0.3 is 5.32 Å². The number of benzene rings is 1. The average molecular weight is 274 g/mol. The van der Waals surface area contributed by atoms with E-state index in [1.807, 2.05) is 30.0 Å². The van der Waals surface area contributed by atoms with E-state index in [1.165, 1.54) is 11.3 Å². The number of rotatable bonds is 6. The van der Waals surface area contributed by atoms with Gasteiger partial charge >= 0.3 is 0 Å². The highest BCUT2D eigenvalue weighted by Crippen LogP contribution is 2.43. The number of nitrogens with zero attached hydrogens (tertiary/aromatic N) is 1. The lowest BCUT2D eigenvalue weighted by atomic mass is 9.62. The predicted octanol–water partition coefficient (Wildman–Crippen LogP) is 3.34. The van der Waals surface area contributed by atoms with Crippen molar-refractivity contribution < 1.29 is 0 Å². The van der Waals surface area contributed by atoms with Gasteiger partial charge in [-0.3, -0.25) is 0 Å². The zero-order valence-electron chi connectivity index (χ0n) is 11.7. The van der Waals surface area contributed by atoms with Crippen LogP contribution >= 0.6 is 11.8 Å². The van der Waals surface area contributed by atoms with Gasteiger partial charge in [0.1, 0.15) is 0 Å². The van der Waals surface area contributed by atoms with Crippen LogP contribution in [0, 0.1) is 11.3 Å². The Morgan fingerprint density at radius 2 is 2.11 bits per heavy atom. The second-order valence-corrected chi connectivity index (χ2v) is 6.71. The molecule has 0 radical (unpaired) electrons. The Labute approximate surface area is 120 Å². The lowest BCUT2D eigenvalue weighted by molar-refractivity contribution is 0.216. The third kappa shape index (κ3) is 3.32. The van der Waals surface area contributed by atoms with Crippen LogP contribution in [0.1, 0.15) is 32.3 Å². The maximum Gasteiger partial charge on any atom is 0.0852 e. The Kier molecular flexibility index (Phi) is 4.90. The minimum Gasteiger partial charge on any atom is -0.311 e. The van der Waals surface area contributed by atoms with Crippen LogP contribution in [0.5, 0.6) is 0 Å². The van der Waals surface area contributed by atoms with Crippen molar-refractivity contribution in [1.82, 2.24) is 5.32 Å². The van der Waals surface area contributed by atoms with Crippen LogP contribution in [0.25, 0.3) is 0 Å². The molecule has 1 fully saturated rings. The normalized spacial score (nSPS) is 27.3. The molecule has 0 bridgehead atoms. The summed E-state index contributed by atoms with van der Waals surface area (Å²) in [6.07, 6.45) is 1.88. The maximum atomic E-state index is 9.50. The van der Waals surface area contributed by atoms with Crippen molar-refractivity contribution in [3.63, 3.8) is 0 Å². The van der Waals surface area contributed by atoms with Crippen molar-refractivity contribution in [2.45, 2.75) is 44.2 Å². The molecule has 1 saturated carbocycles. The molecule has 1 N–H and O–H groups in total. The quantitative estimate of drug-likeness (QED) is 0.864. The van der Waals surface area contributed by atoms with Gasteiger partial charge in [-0.05, 0) is 31.1 Å². The summed E-state index contributed by atoms with van der Waals surface area (Å²) in [5, 5.41) is 13.1. The number of nitriles is 1. The first kappa shape index (κ1) is 14.4. The molecule has 0 aliphatic heterocycles. The molecule has 19 heavy (non-hydrogen) atoms. The first-order valence-corrected chi connectivity index (χ1v) is 8.16. The highest BCUT2D eigenvalue weighted by atomic mass is 32.2. The highest BCUT2D eigenvalue weighted by Gasteiger charge is 2.46. The smallest absolute Gasteiger partial charge is 0.0852 e. The van der Waals surface area contributed by atoms with E-state index in [2.05, 4.69) is 37.4 Å². The van der Waals surface area contributed by atoms with Crippen molar-refractivity contribution in [2.24, 2.45) is 0 Å². The lowest BCUT2D eigenvalue weighted by Crippen LogP contribution is -2.53. The molecule has 0 heterocycles. The van der Waals surface area contributed by atoms with E-state index in [4.69, 9.17) is 0 Å². The molecule has 1 aliphatic carbocycles. The molecule has 1 aliphatic rings. The van der Waals surface area contributed by atoms with Gasteiger partial charge in [-0.15, -0.1) is 0 Å². The Hall–Kier alpha value is -0.980. The van der Waals surface area contributed by atoms with E-state index in [0.717, 1.165) is 18.6 Å². The van der Waals surface area contributed by atoms with Gasteiger partial charge in [0, 0.05) is 17.8 Å². The van der Waals surface area contributed by atoms with Gasteiger partial charge in [-0.25, -0.2) is 0 Å². The second kappa shape index (κ2) is 6.45. The summed E-state index contributed by atoms with van der Waals surface area (Å²) in [7, 11) is 0. The highest BCUT2D eigenvalue weighted by molar-refractivity contribution is 7.99. The Bertz CT molecular complexity index is 432. The van der Waals surface area contributed by atoms with Crippen LogP contribution < -0.4 is 5.32 Å². The molecule has 0 aromatic heterocycles. The number of nitrogens with one attached hydrogen (secondary N) is 1. The second-order valence-electron chi connectivity index (χ2n) is 5.39. The SMILES string of the molecule is CCSCC(C)NC1CC(C#N)(c2ccccc2)C1. The maximum absolute atomic E-state index is 9.50. The Morgan fingerprint density at radius 3 is 2.68 bits per heavy atom. The van der Waals surface area contributed by atoms with Gasteiger partial charge in [-0.1, -0.05) is 37.3 Å². The first-order valence-electron chi connectivity index (χ1n) is 7.01. The summed E-state index contributed by atoms with van der Waals surface area (Å²) in [6.45, 7) is 4.42. The van der Waals surface area contributed by atoms with E-state index in [1.54, 1.807) is 0 Å². The van der Waals surface area contributed by atoms with Crippen LogP contribution in [-0.4, -0.2) is 23.6 Å². The molecule has 1 unspecified atom stereocenters. The van der Waals surface area contributed by atoms with E-state index in [-0.39, 0.29) is 5.41 Å². The third-order valence-corrected chi connectivity index (χ3v) is 4.97. The fourth-order valence-electron chi connectivity index (χ4n) is 2.79. The van der Waals surface area contributed by atoms with E-state index in [9.17, 15) is 5.26 Å². The molecular weight excluding hydrogens is 252 g/mol. The van der Waals surface area contributed by atoms with Gasteiger partial charge in [0.05, 0.1) is 11.5 Å². The first-order chi connectivity index (χ1) is 9.20. The van der Waals surface area contributed by atoms with Crippen molar-refractivity contribution >= 4 is 11.8 Å². The zero-order valence-corrected chi connectivity index (χ0v) is 12.5. The third-order valence-electron chi connectivity index (χ3n) is 3.82. The molecule has 0 spiro atoms. The molecule has 1 aromatic carbocycles. The van der Waals surface area contributed by atoms with Crippen LogP contribution in [0.15, 0.2) is 30.3 Å². The summed E-state index contributed by atoms with van der Waals surface area (Å²) in [6, 6.07) is 13.8. The summed E-state index contributed by atoms with van der Waals surface area (Å²) in [5.74, 6) is 2.32. The Morgan fingerprint density at radius 1 is 1.42 bits per heavy atom. The minimum absolute atomic E-state index is 0.253. The summed E-state index contributed by atoms with van der Waals surface area (Å²) in [4.78, 5) is 0. The minimum atomic E-state index is -0.253. The van der Waals surface area contributed by atoms with Gasteiger partial charge in [0.25, 0.3) is 0 Å². The molecular formula is C16H22N2S.